The quantitative estimate of drug-likeness (QED) is 0.905. The Morgan fingerprint density at radius 3 is 2.88 bits per heavy atom. The highest BCUT2D eigenvalue weighted by Crippen LogP contribution is 2.23. The van der Waals surface area contributed by atoms with Gasteiger partial charge in [-0.1, -0.05) is 6.07 Å². The molecule has 0 aliphatic rings. The van der Waals surface area contributed by atoms with Crippen LogP contribution in [0.3, 0.4) is 0 Å². The fraction of sp³-hybridized carbons (Fsp3) is 0.308. The summed E-state index contributed by atoms with van der Waals surface area (Å²) < 4.78 is 5.68. The lowest BCUT2D eigenvalue weighted by atomic mass is 10.1. The van der Waals surface area contributed by atoms with E-state index in [1.807, 2.05) is 30.5 Å². The molecular weight excluding hydrogens is 234 g/mol. The molecule has 1 atom stereocenters. The molecule has 0 spiro atoms. The molecule has 4 heteroatoms. The maximum absolute atomic E-state index is 9.47. The van der Waals surface area contributed by atoms with Crippen molar-refractivity contribution in [2.75, 3.05) is 0 Å². The molecule has 0 aliphatic carbocycles. The lowest BCUT2D eigenvalue weighted by molar-refractivity contribution is 0.199. The molecule has 0 saturated carbocycles. The summed E-state index contributed by atoms with van der Waals surface area (Å²) >= 11 is 1.58. The number of hydrogen-bond acceptors (Lipinski definition) is 4. The van der Waals surface area contributed by atoms with Gasteiger partial charge in [0.1, 0.15) is 17.4 Å². The minimum Gasteiger partial charge on any atom is -0.486 e. The van der Waals surface area contributed by atoms with Crippen molar-refractivity contribution in [3.63, 3.8) is 0 Å². The summed E-state index contributed by atoms with van der Waals surface area (Å²) in [6.45, 7) is 4.22. The lowest BCUT2D eigenvalue weighted by Gasteiger charge is -2.11. The summed E-state index contributed by atoms with van der Waals surface area (Å²) in [7, 11) is 0. The van der Waals surface area contributed by atoms with E-state index in [1.165, 1.54) is 0 Å². The van der Waals surface area contributed by atoms with Gasteiger partial charge in [-0.2, -0.15) is 0 Å². The van der Waals surface area contributed by atoms with Crippen molar-refractivity contribution in [1.29, 1.82) is 0 Å². The van der Waals surface area contributed by atoms with E-state index in [-0.39, 0.29) is 0 Å². The van der Waals surface area contributed by atoms with Gasteiger partial charge in [0.2, 0.25) is 0 Å². The van der Waals surface area contributed by atoms with E-state index in [9.17, 15) is 5.11 Å². The minimum atomic E-state index is -0.443. The Morgan fingerprint density at radius 1 is 1.47 bits per heavy atom. The number of aryl methyl sites for hydroxylation is 1. The number of hydrogen-bond donors (Lipinski definition) is 1. The summed E-state index contributed by atoms with van der Waals surface area (Å²) in [6, 6.07) is 5.72. The summed E-state index contributed by atoms with van der Waals surface area (Å²) in [5.41, 5.74) is 1.93. The van der Waals surface area contributed by atoms with E-state index in [4.69, 9.17) is 4.74 Å². The first-order chi connectivity index (χ1) is 8.16. The van der Waals surface area contributed by atoms with Crippen LogP contribution in [-0.2, 0) is 6.61 Å². The van der Waals surface area contributed by atoms with Gasteiger partial charge in [-0.05, 0) is 37.1 Å². The number of aliphatic hydroxyl groups is 1. The van der Waals surface area contributed by atoms with Gasteiger partial charge in [0, 0.05) is 11.6 Å². The van der Waals surface area contributed by atoms with Crippen molar-refractivity contribution in [2.45, 2.75) is 26.6 Å². The van der Waals surface area contributed by atoms with Crippen LogP contribution in [0.5, 0.6) is 5.75 Å². The van der Waals surface area contributed by atoms with Crippen LogP contribution in [0.25, 0.3) is 0 Å². The van der Waals surface area contributed by atoms with Crippen molar-refractivity contribution in [2.24, 2.45) is 0 Å². The molecule has 90 valence electrons. The van der Waals surface area contributed by atoms with Crippen LogP contribution in [0, 0.1) is 6.92 Å². The van der Waals surface area contributed by atoms with Crippen LogP contribution < -0.4 is 4.74 Å². The number of aliphatic hydroxyl groups excluding tert-OH is 1. The topological polar surface area (TPSA) is 42.4 Å². The molecule has 2 rings (SSSR count). The van der Waals surface area contributed by atoms with Crippen LogP contribution in [0.2, 0.25) is 0 Å². The van der Waals surface area contributed by atoms with Gasteiger partial charge in [-0.15, -0.1) is 11.3 Å². The first kappa shape index (κ1) is 12.1. The maximum atomic E-state index is 9.47. The zero-order chi connectivity index (χ0) is 12.3. The van der Waals surface area contributed by atoms with E-state index >= 15 is 0 Å². The van der Waals surface area contributed by atoms with Gasteiger partial charge in [-0.3, -0.25) is 0 Å². The van der Waals surface area contributed by atoms with Crippen molar-refractivity contribution < 1.29 is 9.84 Å². The monoisotopic (exact) mass is 249 g/mol. The van der Waals surface area contributed by atoms with Gasteiger partial charge in [0.05, 0.1) is 6.10 Å². The minimum absolute atomic E-state index is 0.443. The average molecular weight is 249 g/mol. The van der Waals surface area contributed by atoms with Gasteiger partial charge < -0.3 is 9.84 Å². The Balaban J connectivity index is 2.06. The molecule has 2 aromatic rings. The second kappa shape index (κ2) is 5.29. The number of nitrogens with zero attached hydrogens (tertiary/aromatic N) is 1. The van der Waals surface area contributed by atoms with Crippen molar-refractivity contribution in [3.05, 3.63) is 45.9 Å². The molecule has 0 bridgehead atoms. The summed E-state index contributed by atoms with van der Waals surface area (Å²) in [5, 5.41) is 12.4. The van der Waals surface area contributed by atoms with Crippen LogP contribution >= 0.6 is 11.3 Å². The van der Waals surface area contributed by atoms with E-state index in [0.29, 0.717) is 6.61 Å². The smallest absolute Gasteiger partial charge is 0.140 e. The zero-order valence-corrected chi connectivity index (χ0v) is 10.7. The maximum Gasteiger partial charge on any atom is 0.140 e. The third-order valence-corrected chi connectivity index (χ3v) is 3.27. The molecule has 1 N–H and O–H groups in total. The van der Waals surface area contributed by atoms with Crippen LogP contribution in [0.4, 0.5) is 0 Å². The molecule has 3 nitrogen and oxygen atoms in total. The normalized spacial score (nSPS) is 12.4. The number of thiazole rings is 1. The Kier molecular flexibility index (Phi) is 3.76. The van der Waals surface area contributed by atoms with Crippen molar-refractivity contribution in [3.8, 4) is 5.75 Å². The Hall–Kier alpha value is -1.39. The Morgan fingerprint density at radius 2 is 2.29 bits per heavy atom. The van der Waals surface area contributed by atoms with Gasteiger partial charge >= 0.3 is 0 Å². The van der Waals surface area contributed by atoms with Crippen LogP contribution in [0.15, 0.2) is 29.8 Å². The lowest BCUT2D eigenvalue weighted by Crippen LogP contribution is -1.98. The summed E-state index contributed by atoms with van der Waals surface area (Å²) in [5.74, 6) is 0.838. The standard InChI is InChI=1S/C13H15NO2S/c1-9-7-11(10(2)15)3-4-12(9)16-8-13-14-5-6-17-13/h3-7,10,15H,8H2,1-2H3/t10-/m1/s1. The summed E-state index contributed by atoms with van der Waals surface area (Å²) in [6.07, 6.45) is 1.33. The SMILES string of the molecule is Cc1cc([C@@H](C)O)ccc1OCc1nccs1. The Bertz CT molecular complexity index is 480. The molecule has 0 radical (unpaired) electrons. The van der Waals surface area contributed by atoms with Crippen molar-refractivity contribution in [1.82, 2.24) is 4.98 Å². The molecule has 0 fully saturated rings. The molecular formula is C13H15NO2S. The second-order valence-corrected chi connectivity index (χ2v) is 4.89. The number of rotatable bonds is 4. The van der Waals surface area contributed by atoms with E-state index < -0.39 is 6.10 Å². The van der Waals surface area contributed by atoms with Crippen LogP contribution in [0.1, 0.15) is 29.2 Å². The second-order valence-electron chi connectivity index (χ2n) is 3.92. The molecule has 17 heavy (non-hydrogen) atoms. The Labute approximate surface area is 105 Å². The first-order valence-electron chi connectivity index (χ1n) is 5.46. The molecule has 1 heterocycles. The molecule has 0 saturated heterocycles. The van der Waals surface area contributed by atoms with Crippen molar-refractivity contribution >= 4 is 11.3 Å². The molecule has 1 aromatic heterocycles. The fourth-order valence-electron chi connectivity index (χ4n) is 1.56. The highest BCUT2D eigenvalue weighted by Gasteiger charge is 2.05. The summed E-state index contributed by atoms with van der Waals surface area (Å²) in [4.78, 5) is 4.16. The highest BCUT2D eigenvalue weighted by atomic mass is 32.1. The predicted molar refractivity (Wildman–Crippen MR) is 68.3 cm³/mol. The van der Waals surface area contributed by atoms with E-state index in [1.54, 1.807) is 24.5 Å². The van der Waals surface area contributed by atoms with Gasteiger partial charge in [-0.25, -0.2) is 4.98 Å². The van der Waals surface area contributed by atoms with Crippen LogP contribution in [-0.4, -0.2) is 10.1 Å². The third kappa shape index (κ3) is 3.05. The number of benzene rings is 1. The highest BCUT2D eigenvalue weighted by molar-refractivity contribution is 7.09. The first-order valence-corrected chi connectivity index (χ1v) is 6.34. The average Bonchev–Trinajstić information content (AvgIpc) is 2.80. The van der Waals surface area contributed by atoms with Gasteiger partial charge in [0.25, 0.3) is 0 Å². The third-order valence-electron chi connectivity index (χ3n) is 2.52. The molecule has 0 amide bonds. The largest absolute Gasteiger partial charge is 0.486 e. The molecule has 0 aliphatic heterocycles. The van der Waals surface area contributed by atoms with E-state index in [0.717, 1.165) is 21.9 Å². The van der Waals surface area contributed by atoms with E-state index in [2.05, 4.69) is 4.98 Å². The zero-order valence-electron chi connectivity index (χ0n) is 9.88. The number of ether oxygens (including phenoxy) is 1. The molecule has 0 unspecified atom stereocenters. The van der Waals surface area contributed by atoms with Gasteiger partial charge in [0.15, 0.2) is 0 Å². The molecule has 1 aromatic carbocycles. The number of aromatic nitrogens is 1. The fourth-order valence-corrected chi connectivity index (χ4v) is 2.09. The predicted octanol–water partition coefficient (Wildman–Crippen LogP) is 3.08.